The molecule has 2 fully saturated rings. The lowest BCUT2D eigenvalue weighted by Gasteiger charge is -2.22. The average molecular weight is 522 g/mol. The van der Waals surface area contributed by atoms with Crippen molar-refractivity contribution in [2.45, 2.75) is 45.3 Å². The number of anilines is 2. The van der Waals surface area contributed by atoms with Gasteiger partial charge < -0.3 is 25.0 Å². The van der Waals surface area contributed by atoms with Crippen molar-refractivity contribution in [1.29, 1.82) is 0 Å². The average Bonchev–Trinajstić information content (AvgIpc) is 3.09. The highest BCUT2D eigenvalue weighted by atomic mass is 35.5. The molecule has 9 nitrogen and oxygen atoms in total. The molecule has 1 aliphatic heterocycles. The highest BCUT2D eigenvalue weighted by molar-refractivity contribution is 6.36. The van der Waals surface area contributed by atoms with E-state index in [4.69, 9.17) is 16.3 Å². The van der Waals surface area contributed by atoms with Crippen molar-refractivity contribution in [3.05, 3.63) is 28.9 Å². The summed E-state index contributed by atoms with van der Waals surface area (Å²) >= 11 is 6.56. The highest BCUT2D eigenvalue weighted by Crippen LogP contribution is 2.55. The first kappa shape index (κ1) is 24.4. The predicted octanol–water partition coefficient (Wildman–Crippen LogP) is 5.26. The zero-order valence-corrected chi connectivity index (χ0v) is 21.0. The molecule has 3 aromatic rings. The molecule has 1 aromatic carbocycles. The van der Waals surface area contributed by atoms with Crippen LogP contribution in [0.3, 0.4) is 0 Å². The third-order valence-electron chi connectivity index (χ3n) is 6.93. The summed E-state index contributed by atoms with van der Waals surface area (Å²) in [5, 5.41) is 12.8. The number of H-pyrrole nitrogens is 1. The minimum Gasteiger partial charge on any atom is -0.465 e. The van der Waals surface area contributed by atoms with Crippen molar-refractivity contribution in [3.8, 4) is 0 Å². The topological polar surface area (TPSA) is 111 Å². The number of nitrogens with one attached hydrogen (secondary N) is 2. The summed E-state index contributed by atoms with van der Waals surface area (Å²) in [6, 6.07) is 0.770. The number of carbonyl (C=O) groups excluding carboxylic acids is 1. The van der Waals surface area contributed by atoms with E-state index in [2.05, 4.69) is 15.3 Å². The minimum absolute atomic E-state index is 0.0433. The number of alkyl carbamates (subject to hydrolysis) is 1. The van der Waals surface area contributed by atoms with Crippen LogP contribution in [-0.4, -0.2) is 59.0 Å². The Kier molecular flexibility index (Phi) is 5.47. The Morgan fingerprint density at radius 3 is 2.75 bits per heavy atom. The zero-order chi connectivity index (χ0) is 26.2. The number of rotatable bonds is 3. The van der Waals surface area contributed by atoms with Gasteiger partial charge in [0.05, 0.1) is 38.9 Å². The molecule has 1 spiro atoms. The smallest absolute Gasteiger partial charge is 0.411 e. The first-order valence-electron chi connectivity index (χ1n) is 11.5. The molecular formula is C24H26ClF2N5O4. The number of carbonyl (C=O) groups is 2. The van der Waals surface area contributed by atoms with Crippen LogP contribution in [-0.2, 0) is 4.74 Å². The van der Waals surface area contributed by atoms with Crippen LogP contribution in [0.2, 0.25) is 5.02 Å². The predicted molar refractivity (Wildman–Crippen MR) is 132 cm³/mol. The van der Waals surface area contributed by atoms with E-state index in [0.717, 1.165) is 23.8 Å². The molecule has 192 valence electrons. The third-order valence-corrected chi connectivity index (χ3v) is 7.21. The summed E-state index contributed by atoms with van der Waals surface area (Å²) in [6.07, 6.45) is 1.15. The standard InChI is InChI=1S/C24H26ClF2N5O4/c1-23(2,3)36-21(33)29-14-8-24(14)5-6-32(10-24)19-11(25)9-28-20-16(19)15-17(27)12(26)7-13(18(15)30-20)31(4)22(34)35/h7,9,14H,5-6,8,10H2,1-4H3,(H,28,30)(H,29,33)(H,34,35)/t14-,24-/m1/s1. The van der Waals surface area contributed by atoms with Crippen molar-refractivity contribution in [2.24, 2.45) is 5.41 Å². The van der Waals surface area contributed by atoms with Gasteiger partial charge in [0.15, 0.2) is 11.6 Å². The fourth-order valence-corrected chi connectivity index (χ4v) is 5.38. The molecule has 0 radical (unpaired) electrons. The van der Waals surface area contributed by atoms with Gasteiger partial charge in [-0.3, -0.25) is 4.90 Å². The molecule has 2 atom stereocenters. The fraction of sp³-hybridized carbons (Fsp3) is 0.458. The molecule has 2 aliphatic rings. The Morgan fingerprint density at radius 1 is 1.36 bits per heavy atom. The number of benzene rings is 1. The second-order valence-electron chi connectivity index (χ2n) is 10.5. The molecule has 2 aromatic heterocycles. The van der Waals surface area contributed by atoms with Crippen LogP contribution in [0.15, 0.2) is 12.3 Å². The summed E-state index contributed by atoms with van der Waals surface area (Å²) < 4.78 is 35.2. The maximum atomic E-state index is 15.2. The number of hydrogen-bond donors (Lipinski definition) is 3. The van der Waals surface area contributed by atoms with E-state index in [0.29, 0.717) is 18.8 Å². The zero-order valence-electron chi connectivity index (χ0n) is 20.2. The number of aromatic nitrogens is 2. The normalized spacial score (nSPS) is 21.4. The van der Waals surface area contributed by atoms with E-state index in [1.165, 1.54) is 13.2 Å². The SMILES string of the molecule is CN(C(=O)O)c1cc(F)c(F)c2c1[nH]c1ncc(Cl)c(N3CC[C@@]4(C[C@H]4NC(=O)OC(C)(C)C)C3)c12. The molecule has 1 saturated carbocycles. The lowest BCUT2D eigenvalue weighted by atomic mass is 10.1. The summed E-state index contributed by atoms with van der Waals surface area (Å²) in [4.78, 5) is 33.8. The lowest BCUT2D eigenvalue weighted by molar-refractivity contribution is 0.0516. The van der Waals surface area contributed by atoms with Gasteiger partial charge in [-0.05, 0) is 33.6 Å². The highest BCUT2D eigenvalue weighted by Gasteiger charge is 2.58. The number of amides is 2. The van der Waals surface area contributed by atoms with Gasteiger partial charge in [-0.2, -0.15) is 0 Å². The van der Waals surface area contributed by atoms with Gasteiger partial charge in [0.1, 0.15) is 11.2 Å². The molecule has 0 unspecified atom stereocenters. The van der Waals surface area contributed by atoms with Crippen molar-refractivity contribution >= 4 is 57.1 Å². The number of nitrogens with zero attached hydrogens (tertiary/aromatic N) is 3. The van der Waals surface area contributed by atoms with Crippen LogP contribution in [0.4, 0.5) is 29.7 Å². The van der Waals surface area contributed by atoms with Crippen LogP contribution < -0.4 is 15.1 Å². The molecule has 1 aliphatic carbocycles. The first-order valence-corrected chi connectivity index (χ1v) is 11.9. The van der Waals surface area contributed by atoms with E-state index in [1.807, 2.05) is 4.90 Å². The van der Waals surface area contributed by atoms with E-state index in [1.54, 1.807) is 20.8 Å². The van der Waals surface area contributed by atoms with Crippen molar-refractivity contribution < 1.29 is 28.2 Å². The Balaban J connectivity index is 1.53. The second kappa shape index (κ2) is 8.09. The van der Waals surface area contributed by atoms with Gasteiger partial charge in [-0.25, -0.2) is 23.4 Å². The third kappa shape index (κ3) is 3.95. The Hall–Kier alpha value is -3.34. The van der Waals surface area contributed by atoms with Gasteiger partial charge in [-0.1, -0.05) is 11.6 Å². The summed E-state index contributed by atoms with van der Waals surface area (Å²) in [5.74, 6) is -2.30. The number of hydrogen-bond acceptors (Lipinski definition) is 5. The molecule has 2 amide bonds. The van der Waals surface area contributed by atoms with Crippen LogP contribution in [0.1, 0.15) is 33.6 Å². The summed E-state index contributed by atoms with van der Waals surface area (Å²) in [6.45, 7) is 6.51. The summed E-state index contributed by atoms with van der Waals surface area (Å²) in [5.41, 5.74) is 0.0233. The van der Waals surface area contributed by atoms with Gasteiger partial charge >= 0.3 is 12.2 Å². The van der Waals surface area contributed by atoms with Crippen molar-refractivity contribution in [1.82, 2.24) is 15.3 Å². The number of pyridine rings is 1. The van der Waals surface area contributed by atoms with Crippen molar-refractivity contribution in [2.75, 3.05) is 29.9 Å². The Bertz CT molecular complexity index is 1420. The van der Waals surface area contributed by atoms with E-state index < -0.39 is 29.4 Å². The molecule has 5 rings (SSSR count). The second-order valence-corrected chi connectivity index (χ2v) is 10.9. The van der Waals surface area contributed by atoms with Crippen LogP contribution in [0.25, 0.3) is 21.9 Å². The molecule has 1 saturated heterocycles. The van der Waals surface area contributed by atoms with Gasteiger partial charge in [-0.15, -0.1) is 0 Å². The van der Waals surface area contributed by atoms with E-state index >= 15 is 4.39 Å². The Morgan fingerprint density at radius 2 is 2.08 bits per heavy atom. The minimum atomic E-state index is -1.33. The number of aromatic amines is 1. The largest absolute Gasteiger partial charge is 0.465 e. The lowest BCUT2D eigenvalue weighted by Crippen LogP contribution is -2.36. The van der Waals surface area contributed by atoms with E-state index in [9.17, 15) is 19.1 Å². The molecule has 12 heteroatoms. The van der Waals surface area contributed by atoms with Crippen LogP contribution in [0.5, 0.6) is 0 Å². The van der Waals surface area contributed by atoms with Gasteiger partial charge in [0, 0.05) is 37.7 Å². The Labute approximate surface area is 210 Å². The molecular weight excluding hydrogens is 496 g/mol. The monoisotopic (exact) mass is 521 g/mol. The molecule has 3 heterocycles. The fourth-order valence-electron chi connectivity index (χ4n) is 5.12. The van der Waals surface area contributed by atoms with Gasteiger partial charge in [0.25, 0.3) is 0 Å². The number of ether oxygens (including phenoxy) is 1. The maximum Gasteiger partial charge on any atom is 0.411 e. The quantitative estimate of drug-likeness (QED) is 0.434. The molecule has 36 heavy (non-hydrogen) atoms. The maximum absolute atomic E-state index is 15.2. The summed E-state index contributed by atoms with van der Waals surface area (Å²) in [7, 11) is 1.25. The van der Waals surface area contributed by atoms with Crippen LogP contribution in [0, 0.1) is 17.0 Å². The number of fused-ring (bicyclic) bond motifs is 3. The first-order chi connectivity index (χ1) is 16.8. The van der Waals surface area contributed by atoms with Crippen molar-refractivity contribution in [3.63, 3.8) is 0 Å². The molecule has 3 N–H and O–H groups in total. The van der Waals surface area contributed by atoms with Gasteiger partial charge in [0.2, 0.25) is 0 Å². The molecule has 0 bridgehead atoms. The van der Waals surface area contributed by atoms with E-state index in [-0.39, 0.29) is 44.1 Å². The number of carboxylic acid groups (broad SMARTS) is 1. The number of halogens is 3. The van der Waals surface area contributed by atoms with Crippen LogP contribution >= 0.6 is 11.6 Å².